The van der Waals surface area contributed by atoms with Gasteiger partial charge in [0.2, 0.25) is 5.91 Å². The Bertz CT molecular complexity index is 329. The molecule has 4 heteroatoms. The van der Waals surface area contributed by atoms with Gasteiger partial charge in [0.15, 0.2) is 0 Å². The lowest BCUT2D eigenvalue weighted by Gasteiger charge is -2.21. The number of esters is 1. The number of hydrogen-bond donors (Lipinski definition) is 1. The maximum absolute atomic E-state index is 11.9. The summed E-state index contributed by atoms with van der Waals surface area (Å²) in [6.07, 6.45) is 5.72. The lowest BCUT2D eigenvalue weighted by molar-refractivity contribution is -0.147. The minimum Gasteiger partial charge on any atom is -0.464 e. The van der Waals surface area contributed by atoms with Gasteiger partial charge in [0.1, 0.15) is 6.04 Å². The van der Waals surface area contributed by atoms with Crippen LogP contribution in [0.25, 0.3) is 0 Å². The number of carbonyl (C=O) groups is 2. The molecule has 0 aliphatic heterocycles. The monoisotopic (exact) mass is 253 g/mol. The van der Waals surface area contributed by atoms with Crippen LogP contribution in [0.3, 0.4) is 0 Å². The van der Waals surface area contributed by atoms with E-state index in [-0.39, 0.29) is 11.9 Å². The van der Waals surface area contributed by atoms with Gasteiger partial charge in [0.25, 0.3) is 0 Å². The third-order valence-electron chi connectivity index (χ3n) is 4.35. The summed E-state index contributed by atoms with van der Waals surface area (Å²) in [5.41, 5.74) is 0. The van der Waals surface area contributed by atoms with E-state index in [1.54, 1.807) is 13.8 Å². The molecular formula is C14H23NO3. The first-order valence-corrected chi connectivity index (χ1v) is 7.06. The van der Waals surface area contributed by atoms with Gasteiger partial charge < -0.3 is 10.1 Å². The number of fused-ring (bicyclic) bond motifs is 2. The van der Waals surface area contributed by atoms with Crippen LogP contribution in [-0.4, -0.2) is 24.5 Å². The minimum absolute atomic E-state index is 0.00639. The molecule has 4 unspecified atom stereocenters. The van der Waals surface area contributed by atoms with E-state index in [4.69, 9.17) is 4.74 Å². The summed E-state index contributed by atoms with van der Waals surface area (Å²) in [5, 5.41) is 2.74. The molecule has 4 nitrogen and oxygen atoms in total. The van der Waals surface area contributed by atoms with Gasteiger partial charge in [0, 0.05) is 6.42 Å². The predicted octanol–water partition coefficient (Wildman–Crippen LogP) is 1.88. The van der Waals surface area contributed by atoms with Crippen molar-refractivity contribution in [2.45, 2.75) is 52.0 Å². The van der Waals surface area contributed by atoms with Gasteiger partial charge in [-0.15, -0.1) is 0 Å². The summed E-state index contributed by atoms with van der Waals surface area (Å²) >= 11 is 0. The van der Waals surface area contributed by atoms with Crippen molar-refractivity contribution in [2.75, 3.05) is 6.61 Å². The average molecular weight is 253 g/mol. The maximum atomic E-state index is 11.9. The molecule has 2 saturated carbocycles. The van der Waals surface area contributed by atoms with Crippen molar-refractivity contribution in [1.29, 1.82) is 0 Å². The second kappa shape index (κ2) is 5.72. The predicted molar refractivity (Wildman–Crippen MR) is 67.8 cm³/mol. The molecule has 0 aromatic carbocycles. The molecule has 2 aliphatic rings. The molecule has 0 radical (unpaired) electrons. The molecule has 18 heavy (non-hydrogen) atoms. The van der Waals surface area contributed by atoms with Crippen LogP contribution in [0.2, 0.25) is 0 Å². The summed E-state index contributed by atoms with van der Waals surface area (Å²) in [5.74, 6) is 1.79. The molecule has 0 aromatic rings. The quantitative estimate of drug-likeness (QED) is 0.761. The molecule has 2 rings (SSSR count). The second-order valence-corrected chi connectivity index (χ2v) is 5.68. The molecule has 4 atom stereocenters. The van der Waals surface area contributed by atoms with E-state index in [1.165, 1.54) is 25.7 Å². The summed E-state index contributed by atoms with van der Waals surface area (Å²) < 4.78 is 4.87. The number of rotatable bonds is 5. The number of ether oxygens (including phenoxy) is 1. The zero-order valence-corrected chi connectivity index (χ0v) is 11.3. The van der Waals surface area contributed by atoms with Crippen LogP contribution < -0.4 is 5.32 Å². The molecule has 2 aliphatic carbocycles. The van der Waals surface area contributed by atoms with E-state index in [0.29, 0.717) is 18.9 Å². The molecule has 0 aromatic heterocycles. The number of nitrogens with one attached hydrogen (secondary N) is 1. The third kappa shape index (κ3) is 3.03. The van der Waals surface area contributed by atoms with Gasteiger partial charge in [0.05, 0.1) is 6.61 Å². The zero-order valence-electron chi connectivity index (χ0n) is 11.3. The Morgan fingerprint density at radius 3 is 2.67 bits per heavy atom. The lowest BCUT2D eigenvalue weighted by atomic mass is 9.86. The highest BCUT2D eigenvalue weighted by molar-refractivity contribution is 5.84. The fourth-order valence-corrected chi connectivity index (χ4v) is 3.49. The Hall–Kier alpha value is -1.06. The first-order valence-electron chi connectivity index (χ1n) is 7.06. The second-order valence-electron chi connectivity index (χ2n) is 5.68. The molecule has 0 heterocycles. The number of carbonyl (C=O) groups excluding carboxylic acids is 2. The highest BCUT2D eigenvalue weighted by atomic mass is 16.5. The van der Waals surface area contributed by atoms with Crippen LogP contribution in [0.1, 0.15) is 46.0 Å². The Kier molecular flexibility index (Phi) is 4.25. The van der Waals surface area contributed by atoms with E-state index in [0.717, 1.165) is 11.8 Å². The molecule has 0 spiro atoms. The van der Waals surface area contributed by atoms with Crippen molar-refractivity contribution in [3.05, 3.63) is 0 Å². The SMILES string of the molecule is CCOC(=O)C(C)NC(=O)CC1CC2CCC1C2. The number of hydrogen-bond acceptors (Lipinski definition) is 3. The van der Waals surface area contributed by atoms with Crippen LogP contribution in [0, 0.1) is 17.8 Å². The van der Waals surface area contributed by atoms with Gasteiger partial charge in [-0.05, 0) is 50.9 Å². The van der Waals surface area contributed by atoms with Crippen LogP contribution in [0.15, 0.2) is 0 Å². The van der Waals surface area contributed by atoms with Gasteiger partial charge in [-0.1, -0.05) is 6.42 Å². The normalized spacial score (nSPS) is 31.1. The van der Waals surface area contributed by atoms with Crippen LogP contribution in [0.5, 0.6) is 0 Å². The standard InChI is InChI=1S/C14H23NO3/c1-3-18-14(17)9(2)15-13(16)8-12-7-10-4-5-11(12)6-10/h9-12H,3-8H2,1-2H3,(H,15,16). The van der Waals surface area contributed by atoms with Gasteiger partial charge in [-0.3, -0.25) is 4.79 Å². The summed E-state index contributed by atoms with van der Waals surface area (Å²) in [4.78, 5) is 23.3. The Balaban J connectivity index is 1.73. The van der Waals surface area contributed by atoms with Crippen LogP contribution >= 0.6 is 0 Å². The molecule has 1 amide bonds. The van der Waals surface area contributed by atoms with Crippen molar-refractivity contribution in [2.24, 2.45) is 17.8 Å². The maximum Gasteiger partial charge on any atom is 0.328 e. The van der Waals surface area contributed by atoms with Crippen LogP contribution in [-0.2, 0) is 14.3 Å². The molecule has 2 fully saturated rings. The summed E-state index contributed by atoms with van der Waals surface area (Å²) in [6.45, 7) is 3.80. The molecule has 102 valence electrons. The first kappa shape index (κ1) is 13.4. The van der Waals surface area contributed by atoms with E-state index in [1.807, 2.05) is 0 Å². The highest BCUT2D eigenvalue weighted by Crippen LogP contribution is 2.49. The summed E-state index contributed by atoms with van der Waals surface area (Å²) in [7, 11) is 0. The lowest BCUT2D eigenvalue weighted by Crippen LogP contribution is -2.40. The highest BCUT2D eigenvalue weighted by Gasteiger charge is 2.40. The van der Waals surface area contributed by atoms with E-state index in [2.05, 4.69) is 5.32 Å². The van der Waals surface area contributed by atoms with Crippen molar-refractivity contribution in [1.82, 2.24) is 5.32 Å². The summed E-state index contributed by atoms with van der Waals surface area (Å²) in [6, 6.07) is -0.531. The molecule has 2 bridgehead atoms. The van der Waals surface area contributed by atoms with Gasteiger partial charge in [-0.2, -0.15) is 0 Å². The van der Waals surface area contributed by atoms with Crippen molar-refractivity contribution >= 4 is 11.9 Å². The Morgan fingerprint density at radius 2 is 2.11 bits per heavy atom. The van der Waals surface area contributed by atoms with E-state index in [9.17, 15) is 9.59 Å². The van der Waals surface area contributed by atoms with Gasteiger partial charge >= 0.3 is 5.97 Å². The van der Waals surface area contributed by atoms with Crippen LogP contribution in [0.4, 0.5) is 0 Å². The van der Waals surface area contributed by atoms with Crippen molar-refractivity contribution in [3.63, 3.8) is 0 Å². The van der Waals surface area contributed by atoms with E-state index >= 15 is 0 Å². The molecule has 1 N–H and O–H groups in total. The fraction of sp³-hybridized carbons (Fsp3) is 0.857. The Labute approximate surface area is 108 Å². The first-order chi connectivity index (χ1) is 8.60. The Morgan fingerprint density at radius 1 is 1.33 bits per heavy atom. The largest absolute Gasteiger partial charge is 0.464 e. The van der Waals surface area contributed by atoms with Crippen molar-refractivity contribution < 1.29 is 14.3 Å². The topological polar surface area (TPSA) is 55.4 Å². The van der Waals surface area contributed by atoms with Gasteiger partial charge in [-0.25, -0.2) is 4.79 Å². The minimum atomic E-state index is -0.531. The third-order valence-corrected chi connectivity index (χ3v) is 4.35. The molecule has 0 saturated heterocycles. The number of amides is 1. The van der Waals surface area contributed by atoms with Crippen molar-refractivity contribution in [3.8, 4) is 0 Å². The average Bonchev–Trinajstić information content (AvgIpc) is 2.90. The smallest absolute Gasteiger partial charge is 0.328 e. The molecular weight excluding hydrogens is 230 g/mol. The fourth-order valence-electron chi connectivity index (χ4n) is 3.49. The van der Waals surface area contributed by atoms with E-state index < -0.39 is 6.04 Å². The zero-order chi connectivity index (χ0) is 13.1.